The molecule has 2 atom stereocenters. The number of carbonyl (C=O) groups excluding carboxylic acids is 1. The number of benzene rings is 3. The number of hydrogen-bond donors (Lipinski definition) is 1. The third-order valence-corrected chi connectivity index (χ3v) is 6.64. The molecule has 1 fully saturated rings. The van der Waals surface area contributed by atoms with Gasteiger partial charge in [-0.15, -0.1) is 12.4 Å². The molecule has 34 heavy (non-hydrogen) atoms. The van der Waals surface area contributed by atoms with Crippen molar-refractivity contribution >= 4 is 40.1 Å². The van der Waals surface area contributed by atoms with Crippen LogP contribution in [0.1, 0.15) is 37.0 Å². The first kappa shape index (κ1) is 24.1. The third kappa shape index (κ3) is 3.94. The summed E-state index contributed by atoms with van der Waals surface area (Å²) in [7, 11) is 3.21. The second-order valence-electron chi connectivity index (χ2n) is 8.63. The van der Waals surface area contributed by atoms with E-state index in [1.165, 1.54) is 0 Å². The molecule has 0 radical (unpaired) electrons. The van der Waals surface area contributed by atoms with E-state index in [4.69, 9.17) is 18.9 Å². The maximum absolute atomic E-state index is 12.0. The molecule has 0 aliphatic carbocycles. The topological polar surface area (TPSA) is 77.5 Å². The molecule has 1 saturated heterocycles. The van der Waals surface area contributed by atoms with E-state index in [-0.39, 0.29) is 24.2 Å². The van der Waals surface area contributed by atoms with E-state index in [1.54, 1.807) is 33.3 Å². The molecule has 8 heteroatoms. The van der Waals surface area contributed by atoms with Crippen LogP contribution in [0.2, 0.25) is 0 Å². The zero-order valence-electron chi connectivity index (χ0n) is 19.4. The highest BCUT2D eigenvalue weighted by molar-refractivity contribution is 6.12. The number of hydrogen-bond acceptors (Lipinski definition) is 7. The van der Waals surface area contributed by atoms with Gasteiger partial charge in [0, 0.05) is 12.6 Å². The van der Waals surface area contributed by atoms with Crippen molar-refractivity contribution in [1.82, 2.24) is 4.90 Å². The molecule has 0 aromatic heterocycles. The van der Waals surface area contributed by atoms with Gasteiger partial charge < -0.3 is 24.1 Å². The molecule has 5 rings (SSSR count). The average molecular weight is 486 g/mol. The fourth-order valence-corrected chi connectivity index (χ4v) is 5.27. The predicted octanol–water partition coefficient (Wildman–Crippen LogP) is 5.49. The molecular weight excluding hydrogens is 458 g/mol. The van der Waals surface area contributed by atoms with Crippen LogP contribution in [0.25, 0.3) is 21.5 Å². The van der Waals surface area contributed by atoms with E-state index in [9.17, 15) is 9.90 Å². The van der Waals surface area contributed by atoms with Gasteiger partial charge >= 0.3 is 6.16 Å². The Morgan fingerprint density at radius 3 is 2.41 bits per heavy atom. The van der Waals surface area contributed by atoms with E-state index in [0.29, 0.717) is 17.2 Å². The van der Waals surface area contributed by atoms with Gasteiger partial charge in [0.05, 0.1) is 20.3 Å². The Morgan fingerprint density at radius 1 is 1.06 bits per heavy atom. The predicted molar refractivity (Wildman–Crippen MR) is 132 cm³/mol. The molecule has 3 aromatic rings. The quantitative estimate of drug-likeness (QED) is 0.226. The highest BCUT2D eigenvalue weighted by Gasteiger charge is 2.39. The highest BCUT2D eigenvalue weighted by atomic mass is 35.5. The number of fused-ring (bicyclic) bond motifs is 7. The molecule has 0 bridgehead atoms. The summed E-state index contributed by atoms with van der Waals surface area (Å²) in [4.78, 5) is 14.4. The van der Waals surface area contributed by atoms with Crippen molar-refractivity contribution in [2.45, 2.75) is 38.5 Å². The number of aliphatic hydroxyl groups is 1. The van der Waals surface area contributed by atoms with Crippen molar-refractivity contribution in [3.05, 3.63) is 53.8 Å². The molecule has 0 spiro atoms. The van der Waals surface area contributed by atoms with Gasteiger partial charge in [-0.25, -0.2) is 4.79 Å². The number of rotatable bonds is 4. The fraction of sp³-hybridized carbons (Fsp3) is 0.346. The summed E-state index contributed by atoms with van der Waals surface area (Å²) >= 11 is 0. The first-order valence-electron chi connectivity index (χ1n) is 11.0. The van der Waals surface area contributed by atoms with Crippen molar-refractivity contribution in [3.63, 3.8) is 0 Å². The van der Waals surface area contributed by atoms with Gasteiger partial charge in [-0.1, -0.05) is 12.6 Å². The largest absolute Gasteiger partial charge is 0.519 e. The minimum absolute atomic E-state index is 0. The van der Waals surface area contributed by atoms with Gasteiger partial charge in [0.1, 0.15) is 11.5 Å². The van der Waals surface area contributed by atoms with Gasteiger partial charge in [-0.05, 0) is 83.2 Å². The molecule has 1 N–H and O–H groups in total. The lowest BCUT2D eigenvalue weighted by molar-refractivity contribution is 0.0552. The fourth-order valence-electron chi connectivity index (χ4n) is 5.27. The monoisotopic (exact) mass is 485 g/mol. The summed E-state index contributed by atoms with van der Waals surface area (Å²) in [6.45, 7) is 6.89. The molecular formula is C26H28ClNO6. The highest BCUT2D eigenvalue weighted by Crippen LogP contribution is 2.47. The molecule has 3 aromatic carbocycles. The molecule has 2 aliphatic rings. The molecule has 2 aliphatic heterocycles. The van der Waals surface area contributed by atoms with Gasteiger partial charge in [0.25, 0.3) is 0 Å². The summed E-state index contributed by atoms with van der Waals surface area (Å²) in [5.41, 5.74) is 2.03. The van der Waals surface area contributed by atoms with E-state index in [0.717, 1.165) is 58.6 Å². The van der Waals surface area contributed by atoms with Crippen LogP contribution in [0.5, 0.6) is 17.2 Å². The number of allylic oxidation sites excluding steroid dienone is 1. The van der Waals surface area contributed by atoms with Crippen LogP contribution < -0.4 is 14.2 Å². The van der Waals surface area contributed by atoms with Gasteiger partial charge in [0.2, 0.25) is 0 Å². The van der Waals surface area contributed by atoms with Crippen molar-refractivity contribution in [3.8, 4) is 17.2 Å². The molecule has 7 nitrogen and oxygen atoms in total. The standard InChI is InChI=1S/C26H27NO6.ClH/c1-14(2)32-26(29)33-15-7-8-16-17(10-15)18-11-22(30-3)23(31-4)12-19(18)20-13-27-9-5-6-21(27)25(28)24(16)20;/h7-8,10-12,21,25,28H,1,5-6,9,13H2,2-4H3;1H/t21-,25+;/m0./s1. The second kappa shape index (κ2) is 9.33. The van der Waals surface area contributed by atoms with Crippen LogP contribution >= 0.6 is 12.4 Å². The van der Waals surface area contributed by atoms with E-state index in [2.05, 4.69) is 11.5 Å². The van der Waals surface area contributed by atoms with Crippen molar-refractivity contribution in [1.29, 1.82) is 0 Å². The summed E-state index contributed by atoms with van der Waals surface area (Å²) in [5, 5.41) is 15.1. The van der Waals surface area contributed by atoms with Crippen molar-refractivity contribution < 1.29 is 28.8 Å². The summed E-state index contributed by atoms with van der Waals surface area (Å²) in [6.07, 6.45) is 0.604. The van der Waals surface area contributed by atoms with Gasteiger partial charge in [-0.2, -0.15) is 0 Å². The number of carbonyl (C=O) groups is 1. The summed E-state index contributed by atoms with van der Waals surface area (Å²) < 4.78 is 21.5. The zero-order chi connectivity index (χ0) is 23.3. The van der Waals surface area contributed by atoms with Gasteiger partial charge in [0.15, 0.2) is 11.5 Å². The van der Waals surface area contributed by atoms with Crippen molar-refractivity contribution in [2.24, 2.45) is 0 Å². The maximum Gasteiger partial charge on any atom is 0.519 e. The number of aliphatic hydroxyl groups excluding tert-OH is 1. The first-order valence-corrected chi connectivity index (χ1v) is 11.0. The molecule has 180 valence electrons. The Labute approximate surface area is 204 Å². The molecule has 0 saturated carbocycles. The normalized spacial score (nSPS) is 19.2. The number of ether oxygens (including phenoxy) is 4. The Bertz CT molecular complexity index is 1290. The lowest BCUT2D eigenvalue weighted by atomic mass is 9.83. The molecule has 2 heterocycles. The Morgan fingerprint density at radius 2 is 1.74 bits per heavy atom. The third-order valence-electron chi connectivity index (χ3n) is 6.64. The minimum Gasteiger partial charge on any atom is -0.493 e. The average Bonchev–Trinajstić information content (AvgIpc) is 3.27. The first-order chi connectivity index (χ1) is 15.9. The van der Waals surface area contributed by atoms with Crippen LogP contribution in [0, 0.1) is 0 Å². The smallest absolute Gasteiger partial charge is 0.493 e. The lowest BCUT2D eigenvalue weighted by Crippen LogP contribution is -2.39. The van der Waals surface area contributed by atoms with Crippen molar-refractivity contribution in [2.75, 3.05) is 20.8 Å². The van der Waals surface area contributed by atoms with Crippen LogP contribution in [-0.4, -0.2) is 43.0 Å². The number of nitrogens with zero attached hydrogens (tertiary/aromatic N) is 1. The van der Waals surface area contributed by atoms with Crippen LogP contribution in [0.15, 0.2) is 42.7 Å². The summed E-state index contributed by atoms with van der Waals surface area (Å²) in [5.74, 6) is 1.83. The SMILES string of the molecule is C=C(C)OC(=O)Oc1ccc2c3c(c4cc(OC)c(OC)cc4c2c1)CN1CCC[C@H]1[C@H]3O.Cl. The number of methoxy groups -OCH3 is 2. The zero-order valence-corrected chi connectivity index (χ0v) is 20.2. The summed E-state index contributed by atoms with van der Waals surface area (Å²) in [6, 6.07) is 9.45. The number of halogens is 1. The Balaban J connectivity index is 0.00000274. The minimum atomic E-state index is -0.843. The van der Waals surface area contributed by atoms with Crippen LogP contribution in [0.3, 0.4) is 0 Å². The lowest BCUT2D eigenvalue weighted by Gasteiger charge is -2.37. The maximum atomic E-state index is 12.0. The molecule has 0 amide bonds. The van der Waals surface area contributed by atoms with E-state index in [1.807, 2.05) is 18.2 Å². The Hall–Kier alpha value is -3.00. The molecule has 0 unspecified atom stereocenters. The Kier molecular flexibility index (Phi) is 6.62. The van der Waals surface area contributed by atoms with Gasteiger partial charge in [-0.3, -0.25) is 4.90 Å². The van der Waals surface area contributed by atoms with E-state index < -0.39 is 12.3 Å². The van der Waals surface area contributed by atoms with Crippen LogP contribution in [-0.2, 0) is 11.3 Å². The van der Waals surface area contributed by atoms with Crippen LogP contribution in [0.4, 0.5) is 4.79 Å². The second-order valence-corrected chi connectivity index (χ2v) is 8.63. The van der Waals surface area contributed by atoms with E-state index >= 15 is 0 Å².